The maximum Gasteiger partial charge on any atom is 0.0599 e. The van der Waals surface area contributed by atoms with Gasteiger partial charge in [0.2, 0.25) is 0 Å². The van der Waals surface area contributed by atoms with Crippen molar-refractivity contribution in [2.75, 3.05) is 25.2 Å². The zero-order valence-corrected chi connectivity index (χ0v) is 11.0. The molecule has 0 radical (unpaired) electrons. The Balaban J connectivity index is 3.27. The minimum absolute atomic E-state index is 0.00973. The van der Waals surface area contributed by atoms with Crippen LogP contribution in [-0.2, 0) is 4.74 Å². The third kappa shape index (κ3) is 10.4. The summed E-state index contributed by atoms with van der Waals surface area (Å²) in [4.78, 5) is 0. The number of hydrogen-bond acceptors (Lipinski definition) is 3. The first-order valence-electron chi connectivity index (χ1n) is 5.32. The lowest BCUT2D eigenvalue weighted by Crippen LogP contribution is -2.32. The van der Waals surface area contributed by atoms with Gasteiger partial charge in [0, 0.05) is 12.6 Å². The Kier molecular flexibility index (Phi) is 7.69. The fraction of sp³-hybridized carbons (Fsp3) is 1.00. The maximum atomic E-state index is 5.62. The second kappa shape index (κ2) is 7.55. The molecule has 3 heteroatoms. The van der Waals surface area contributed by atoms with E-state index in [1.807, 2.05) is 11.8 Å². The van der Waals surface area contributed by atoms with Gasteiger partial charge in [-0.1, -0.05) is 0 Å². The van der Waals surface area contributed by atoms with Gasteiger partial charge in [0.05, 0.1) is 12.2 Å². The van der Waals surface area contributed by atoms with Crippen LogP contribution in [0.4, 0.5) is 0 Å². The van der Waals surface area contributed by atoms with Crippen molar-refractivity contribution >= 4 is 11.8 Å². The molecule has 0 aliphatic carbocycles. The van der Waals surface area contributed by atoms with Gasteiger partial charge in [0.15, 0.2) is 0 Å². The average Bonchev–Trinajstić information content (AvgIpc) is 2.07. The van der Waals surface area contributed by atoms with Crippen molar-refractivity contribution in [3.05, 3.63) is 0 Å². The predicted molar refractivity (Wildman–Crippen MR) is 66.2 cm³/mol. The van der Waals surface area contributed by atoms with Crippen LogP contribution >= 0.6 is 11.8 Å². The molecular weight excluding hydrogens is 194 g/mol. The van der Waals surface area contributed by atoms with Gasteiger partial charge < -0.3 is 10.1 Å². The summed E-state index contributed by atoms with van der Waals surface area (Å²) < 4.78 is 5.62. The monoisotopic (exact) mass is 219 g/mol. The third-order valence-corrected chi connectivity index (χ3v) is 2.53. The van der Waals surface area contributed by atoms with Crippen LogP contribution in [0.1, 0.15) is 34.1 Å². The predicted octanol–water partition coefficient (Wildman–Crippen LogP) is 2.53. The van der Waals surface area contributed by atoms with Gasteiger partial charge in [-0.05, 0) is 46.1 Å². The van der Waals surface area contributed by atoms with Crippen molar-refractivity contribution in [1.82, 2.24) is 5.32 Å². The first kappa shape index (κ1) is 14.3. The van der Waals surface area contributed by atoms with Gasteiger partial charge in [-0.25, -0.2) is 0 Å². The highest BCUT2D eigenvalue weighted by atomic mass is 32.2. The van der Waals surface area contributed by atoms with E-state index in [1.54, 1.807) is 0 Å². The topological polar surface area (TPSA) is 21.3 Å². The zero-order valence-electron chi connectivity index (χ0n) is 10.2. The summed E-state index contributed by atoms with van der Waals surface area (Å²) in [5, 5.41) is 3.45. The summed E-state index contributed by atoms with van der Waals surface area (Å²) in [6.45, 7) is 10.2. The Bertz CT molecular complexity index is 134. The quantitative estimate of drug-likeness (QED) is 0.665. The van der Waals surface area contributed by atoms with E-state index >= 15 is 0 Å². The van der Waals surface area contributed by atoms with Crippen molar-refractivity contribution < 1.29 is 4.74 Å². The number of nitrogens with one attached hydrogen (secondary N) is 1. The van der Waals surface area contributed by atoms with Gasteiger partial charge in [-0.2, -0.15) is 11.8 Å². The molecule has 0 saturated carbocycles. The number of ether oxygens (including phenoxy) is 1. The van der Waals surface area contributed by atoms with E-state index in [0.29, 0.717) is 6.04 Å². The lowest BCUT2D eigenvalue weighted by Gasteiger charge is -2.20. The smallest absolute Gasteiger partial charge is 0.0599 e. The van der Waals surface area contributed by atoms with Gasteiger partial charge in [0.1, 0.15) is 0 Å². The van der Waals surface area contributed by atoms with Gasteiger partial charge in [0.25, 0.3) is 0 Å². The standard InChI is InChI=1S/C11H25NOS/c1-10(6-9-14-5)12-7-8-13-11(2,3)4/h10,12H,6-9H2,1-5H3. The highest BCUT2D eigenvalue weighted by molar-refractivity contribution is 7.98. The highest BCUT2D eigenvalue weighted by Gasteiger charge is 2.09. The molecular formula is C11H25NOS. The van der Waals surface area contributed by atoms with Crippen LogP contribution in [0, 0.1) is 0 Å². The Labute approximate surface area is 93.2 Å². The number of hydrogen-bond donors (Lipinski definition) is 1. The molecule has 0 bridgehead atoms. The molecule has 0 aromatic heterocycles. The molecule has 0 heterocycles. The first-order valence-corrected chi connectivity index (χ1v) is 6.71. The number of thioether (sulfide) groups is 1. The van der Waals surface area contributed by atoms with Crippen molar-refractivity contribution in [1.29, 1.82) is 0 Å². The second-order valence-corrected chi connectivity index (χ2v) is 5.58. The van der Waals surface area contributed by atoms with Crippen molar-refractivity contribution in [3.63, 3.8) is 0 Å². The Hall–Kier alpha value is 0.270. The molecule has 0 aromatic carbocycles. The van der Waals surface area contributed by atoms with Crippen LogP contribution in [-0.4, -0.2) is 36.8 Å². The largest absolute Gasteiger partial charge is 0.375 e. The molecule has 0 amide bonds. The van der Waals surface area contributed by atoms with E-state index in [1.165, 1.54) is 12.2 Å². The molecule has 0 spiro atoms. The van der Waals surface area contributed by atoms with Gasteiger partial charge >= 0.3 is 0 Å². The van der Waals surface area contributed by atoms with E-state index in [-0.39, 0.29) is 5.60 Å². The maximum absolute atomic E-state index is 5.62. The molecule has 14 heavy (non-hydrogen) atoms. The summed E-state index contributed by atoms with van der Waals surface area (Å²) in [5.41, 5.74) is -0.00973. The van der Waals surface area contributed by atoms with E-state index in [0.717, 1.165) is 13.2 Å². The highest BCUT2D eigenvalue weighted by Crippen LogP contribution is 2.05. The van der Waals surface area contributed by atoms with E-state index in [9.17, 15) is 0 Å². The Morgan fingerprint density at radius 1 is 1.36 bits per heavy atom. The zero-order chi connectivity index (χ0) is 11.0. The minimum atomic E-state index is -0.00973. The van der Waals surface area contributed by atoms with Gasteiger partial charge in [-0.3, -0.25) is 0 Å². The summed E-state index contributed by atoms with van der Waals surface area (Å²) in [5.74, 6) is 1.23. The minimum Gasteiger partial charge on any atom is -0.375 e. The number of rotatable bonds is 7. The molecule has 0 aliphatic heterocycles. The summed E-state index contributed by atoms with van der Waals surface area (Å²) in [6.07, 6.45) is 3.38. The summed E-state index contributed by atoms with van der Waals surface area (Å²) >= 11 is 1.90. The fourth-order valence-corrected chi connectivity index (χ4v) is 1.65. The van der Waals surface area contributed by atoms with Crippen molar-refractivity contribution in [2.45, 2.75) is 45.8 Å². The molecule has 86 valence electrons. The lowest BCUT2D eigenvalue weighted by atomic mass is 10.2. The molecule has 0 saturated heterocycles. The Morgan fingerprint density at radius 2 is 2.00 bits per heavy atom. The third-order valence-electron chi connectivity index (χ3n) is 1.88. The second-order valence-electron chi connectivity index (χ2n) is 4.60. The normalized spacial score (nSPS) is 14.4. The Morgan fingerprint density at radius 3 is 2.50 bits per heavy atom. The molecule has 1 atom stereocenters. The molecule has 0 aliphatic rings. The lowest BCUT2D eigenvalue weighted by molar-refractivity contribution is -0.00149. The van der Waals surface area contributed by atoms with Gasteiger partial charge in [-0.15, -0.1) is 0 Å². The van der Waals surface area contributed by atoms with Crippen molar-refractivity contribution in [3.8, 4) is 0 Å². The molecule has 2 nitrogen and oxygen atoms in total. The summed E-state index contributed by atoms with van der Waals surface area (Å²) in [6, 6.07) is 0.603. The molecule has 0 aromatic rings. The molecule has 0 rings (SSSR count). The van der Waals surface area contributed by atoms with E-state index in [2.05, 4.69) is 39.3 Å². The average molecular weight is 219 g/mol. The van der Waals surface area contributed by atoms with E-state index in [4.69, 9.17) is 4.74 Å². The summed E-state index contributed by atoms with van der Waals surface area (Å²) in [7, 11) is 0. The molecule has 0 fully saturated rings. The first-order chi connectivity index (χ1) is 6.45. The van der Waals surface area contributed by atoms with Crippen LogP contribution < -0.4 is 5.32 Å². The van der Waals surface area contributed by atoms with E-state index < -0.39 is 0 Å². The molecule has 1 unspecified atom stereocenters. The van der Waals surface area contributed by atoms with Crippen LogP contribution in [0.15, 0.2) is 0 Å². The van der Waals surface area contributed by atoms with Crippen LogP contribution in [0.3, 0.4) is 0 Å². The van der Waals surface area contributed by atoms with Crippen LogP contribution in [0.5, 0.6) is 0 Å². The van der Waals surface area contributed by atoms with Crippen LogP contribution in [0.2, 0.25) is 0 Å². The van der Waals surface area contributed by atoms with Crippen molar-refractivity contribution in [2.24, 2.45) is 0 Å². The molecule has 1 N–H and O–H groups in total. The SMILES string of the molecule is CSCCC(C)NCCOC(C)(C)C. The van der Waals surface area contributed by atoms with Crippen LogP contribution in [0.25, 0.3) is 0 Å². The fourth-order valence-electron chi connectivity index (χ4n) is 1.06.